The van der Waals surface area contributed by atoms with Gasteiger partial charge in [-0.2, -0.15) is 0 Å². The first-order chi connectivity index (χ1) is 9.52. The molecule has 0 amide bonds. The van der Waals surface area contributed by atoms with E-state index in [4.69, 9.17) is 17.3 Å². The van der Waals surface area contributed by atoms with Crippen LogP contribution in [0.25, 0.3) is 0 Å². The molecular weight excluding hydrogens is 286 g/mol. The zero-order chi connectivity index (χ0) is 14.5. The Balaban J connectivity index is 1.88. The molecule has 20 heavy (non-hydrogen) atoms. The van der Waals surface area contributed by atoms with E-state index in [1.54, 1.807) is 11.8 Å². The largest absolute Gasteiger partial charge is 0.327 e. The van der Waals surface area contributed by atoms with Gasteiger partial charge in [-0.05, 0) is 50.1 Å². The summed E-state index contributed by atoms with van der Waals surface area (Å²) in [6.45, 7) is 4.26. The van der Waals surface area contributed by atoms with E-state index in [0.29, 0.717) is 0 Å². The second-order valence-corrected chi connectivity index (χ2v) is 6.75. The number of benzene rings is 2. The zero-order valence-corrected chi connectivity index (χ0v) is 13.5. The highest BCUT2D eigenvalue weighted by Gasteiger charge is 2.06. The van der Waals surface area contributed by atoms with Crippen LogP contribution in [-0.2, 0) is 6.42 Å². The molecule has 0 fully saturated rings. The summed E-state index contributed by atoms with van der Waals surface area (Å²) >= 11 is 7.66. The van der Waals surface area contributed by atoms with Gasteiger partial charge in [-0.3, -0.25) is 0 Å². The minimum absolute atomic E-state index is 0.164. The zero-order valence-electron chi connectivity index (χ0n) is 11.9. The summed E-state index contributed by atoms with van der Waals surface area (Å²) in [5.74, 6) is 0.911. The Hall–Kier alpha value is -0.960. The molecule has 0 bridgehead atoms. The van der Waals surface area contributed by atoms with Gasteiger partial charge in [-0.1, -0.05) is 40.9 Å². The fourth-order valence-corrected chi connectivity index (χ4v) is 3.26. The molecule has 3 heteroatoms. The lowest BCUT2D eigenvalue weighted by atomic mass is 10.0. The van der Waals surface area contributed by atoms with Crippen LogP contribution in [0.15, 0.2) is 47.4 Å². The van der Waals surface area contributed by atoms with Crippen molar-refractivity contribution in [2.75, 3.05) is 5.75 Å². The van der Waals surface area contributed by atoms with Gasteiger partial charge in [-0.15, -0.1) is 11.8 Å². The SMILES string of the molecule is Cc1cc(C)cc(CC(N)CSc2ccc(Cl)cc2)c1. The van der Waals surface area contributed by atoms with Crippen molar-refractivity contribution in [3.05, 3.63) is 64.2 Å². The van der Waals surface area contributed by atoms with Crippen molar-refractivity contribution in [2.24, 2.45) is 5.73 Å². The van der Waals surface area contributed by atoms with Crippen LogP contribution in [0.3, 0.4) is 0 Å². The topological polar surface area (TPSA) is 26.0 Å². The molecule has 0 aliphatic rings. The van der Waals surface area contributed by atoms with Crippen LogP contribution in [0, 0.1) is 13.8 Å². The second kappa shape index (κ2) is 7.16. The maximum absolute atomic E-state index is 6.24. The number of halogens is 1. The molecule has 1 atom stereocenters. The fraction of sp³-hybridized carbons (Fsp3) is 0.294. The van der Waals surface area contributed by atoms with E-state index in [2.05, 4.69) is 32.0 Å². The van der Waals surface area contributed by atoms with E-state index in [-0.39, 0.29) is 6.04 Å². The third kappa shape index (κ3) is 4.86. The van der Waals surface area contributed by atoms with Crippen molar-refractivity contribution >= 4 is 23.4 Å². The molecule has 2 N–H and O–H groups in total. The van der Waals surface area contributed by atoms with Crippen LogP contribution in [0.2, 0.25) is 5.02 Å². The maximum atomic E-state index is 6.24. The lowest BCUT2D eigenvalue weighted by Gasteiger charge is -2.12. The third-order valence-electron chi connectivity index (χ3n) is 3.06. The smallest absolute Gasteiger partial charge is 0.0406 e. The fourth-order valence-electron chi connectivity index (χ4n) is 2.28. The van der Waals surface area contributed by atoms with Crippen molar-refractivity contribution in [3.63, 3.8) is 0 Å². The number of thioether (sulfide) groups is 1. The van der Waals surface area contributed by atoms with Crippen LogP contribution >= 0.6 is 23.4 Å². The number of aryl methyl sites for hydroxylation is 2. The molecular formula is C17H20ClNS. The standard InChI is InChI=1S/C17H20ClNS/c1-12-7-13(2)9-14(8-12)10-16(19)11-20-17-5-3-15(18)4-6-17/h3-9,16H,10-11,19H2,1-2H3. The van der Waals surface area contributed by atoms with E-state index in [1.165, 1.54) is 21.6 Å². The second-order valence-electron chi connectivity index (χ2n) is 5.23. The molecule has 1 nitrogen and oxygen atoms in total. The highest BCUT2D eigenvalue weighted by molar-refractivity contribution is 7.99. The molecule has 0 aliphatic heterocycles. The van der Waals surface area contributed by atoms with Gasteiger partial charge >= 0.3 is 0 Å². The summed E-state index contributed by atoms with van der Waals surface area (Å²) in [6.07, 6.45) is 0.920. The number of nitrogens with two attached hydrogens (primary N) is 1. The summed E-state index contributed by atoms with van der Waals surface area (Å²) in [4.78, 5) is 1.21. The first-order valence-corrected chi connectivity index (χ1v) is 8.10. The van der Waals surface area contributed by atoms with Crippen molar-refractivity contribution in [2.45, 2.75) is 31.2 Å². The predicted molar refractivity (Wildman–Crippen MR) is 89.8 cm³/mol. The number of rotatable bonds is 5. The molecule has 2 aromatic carbocycles. The average molecular weight is 306 g/mol. The average Bonchev–Trinajstić information content (AvgIpc) is 2.37. The van der Waals surface area contributed by atoms with Gasteiger partial charge in [0.25, 0.3) is 0 Å². The normalized spacial score (nSPS) is 12.4. The molecule has 0 aliphatic carbocycles. The Kier molecular flexibility index (Phi) is 5.53. The lowest BCUT2D eigenvalue weighted by Crippen LogP contribution is -2.25. The molecule has 0 spiro atoms. The van der Waals surface area contributed by atoms with Gasteiger partial charge in [0.1, 0.15) is 0 Å². The van der Waals surface area contributed by atoms with Crippen LogP contribution < -0.4 is 5.73 Å². The van der Waals surface area contributed by atoms with Crippen LogP contribution in [0.1, 0.15) is 16.7 Å². The van der Waals surface area contributed by atoms with E-state index >= 15 is 0 Å². The van der Waals surface area contributed by atoms with Crippen LogP contribution in [0.5, 0.6) is 0 Å². The molecule has 2 rings (SSSR count). The first-order valence-electron chi connectivity index (χ1n) is 6.74. The molecule has 0 radical (unpaired) electrons. The van der Waals surface area contributed by atoms with Gasteiger partial charge in [0, 0.05) is 21.7 Å². The molecule has 2 aromatic rings. The van der Waals surface area contributed by atoms with E-state index < -0.39 is 0 Å². The van der Waals surface area contributed by atoms with E-state index in [0.717, 1.165) is 17.2 Å². The molecule has 106 valence electrons. The Morgan fingerprint density at radius 1 is 1.05 bits per heavy atom. The summed E-state index contributed by atoms with van der Waals surface area (Å²) < 4.78 is 0. The highest BCUT2D eigenvalue weighted by atomic mass is 35.5. The van der Waals surface area contributed by atoms with Crippen LogP contribution in [-0.4, -0.2) is 11.8 Å². The van der Waals surface area contributed by atoms with Gasteiger partial charge in [0.15, 0.2) is 0 Å². The van der Waals surface area contributed by atoms with Crippen LogP contribution in [0.4, 0.5) is 0 Å². The van der Waals surface area contributed by atoms with Gasteiger partial charge in [0.2, 0.25) is 0 Å². The van der Waals surface area contributed by atoms with Crippen molar-refractivity contribution in [1.29, 1.82) is 0 Å². The first kappa shape index (κ1) is 15.4. The third-order valence-corrected chi connectivity index (χ3v) is 4.51. The lowest BCUT2D eigenvalue weighted by molar-refractivity contribution is 0.747. The summed E-state index contributed by atoms with van der Waals surface area (Å²) in [5.41, 5.74) is 10.2. The number of hydrogen-bond acceptors (Lipinski definition) is 2. The van der Waals surface area contributed by atoms with Gasteiger partial charge < -0.3 is 5.73 Å². The maximum Gasteiger partial charge on any atom is 0.0406 e. The summed E-state index contributed by atoms with van der Waals surface area (Å²) in [7, 11) is 0. The molecule has 0 saturated heterocycles. The molecule has 1 unspecified atom stereocenters. The number of hydrogen-bond donors (Lipinski definition) is 1. The summed E-state index contributed by atoms with van der Waals surface area (Å²) in [6, 6.07) is 14.7. The van der Waals surface area contributed by atoms with Crippen molar-refractivity contribution < 1.29 is 0 Å². The Morgan fingerprint density at radius 2 is 1.65 bits per heavy atom. The molecule has 0 aromatic heterocycles. The Labute approximate surface area is 130 Å². The van der Waals surface area contributed by atoms with Crippen molar-refractivity contribution in [1.82, 2.24) is 0 Å². The highest BCUT2D eigenvalue weighted by Crippen LogP contribution is 2.21. The van der Waals surface area contributed by atoms with Gasteiger partial charge in [0.05, 0.1) is 0 Å². The predicted octanol–water partition coefficient (Wildman–Crippen LogP) is 4.62. The monoisotopic (exact) mass is 305 g/mol. The van der Waals surface area contributed by atoms with Gasteiger partial charge in [-0.25, -0.2) is 0 Å². The molecule has 0 saturated carbocycles. The van der Waals surface area contributed by atoms with E-state index in [1.807, 2.05) is 24.3 Å². The summed E-state index contributed by atoms with van der Waals surface area (Å²) in [5, 5.41) is 0.772. The van der Waals surface area contributed by atoms with Crippen molar-refractivity contribution in [3.8, 4) is 0 Å². The Morgan fingerprint density at radius 3 is 2.25 bits per heavy atom. The molecule has 0 heterocycles. The Bertz CT molecular complexity index is 545. The minimum atomic E-state index is 0.164. The minimum Gasteiger partial charge on any atom is -0.327 e. The van der Waals surface area contributed by atoms with E-state index in [9.17, 15) is 0 Å². The quantitative estimate of drug-likeness (QED) is 0.816.